The van der Waals surface area contributed by atoms with Gasteiger partial charge in [0.2, 0.25) is 0 Å². The molecule has 0 aromatic heterocycles. The average molecular weight is 545 g/mol. The molecule has 0 aliphatic heterocycles. The molecule has 0 fully saturated rings. The van der Waals surface area contributed by atoms with Gasteiger partial charge in [-0.3, -0.25) is 6.08 Å². The molecule has 1 aliphatic rings. The smallest absolute Gasteiger partial charge is 0.855 e. The molecule has 4 aromatic carbocycles. The Kier molecular flexibility index (Phi) is 21.1. The van der Waals surface area contributed by atoms with E-state index in [9.17, 15) is 0 Å². The number of hydrogen-bond acceptors (Lipinski definition) is 2. The van der Waals surface area contributed by atoms with Crippen molar-refractivity contribution in [3.63, 3.8) is 0 Å². The number of hydrogen-bond donors (Lipinski definition) is 0. The van der Waals surface area contributed by atoms with Crippen molar-refractivity contribution in [2.75, 3.05) is 13.2 Å². The van der Waals surface area contributed by atoms with E-state index in [1.165, 1.54) is 21.1 Å². The molecule has 34 heavy (non-hydrogen) atoms. The van der Waals surface area contributed by atoms with Crippen molar-refractivity contribution in [3.05, 3.63) is 127 Å². The van der Waals surface area contributed by atoms with E-state index in [1.54, 1.807) is 13.8 Å². The number of fused-ring (bicyclic) bond motifs is 1. The Labute approximate surface area is 227 Å². The zero-order chi connectivity index (χ0) is 24.0. The minimum absolute atomic E-state index is 0. The molecule has 0 N–H and O–H groups in total. The first-order valence-corrected chi connectivity index (χ1v) is 12.3. The molecule has 2 nitrogen and oxygen atoms in total. The Morgan fingerprint density at radius 3 is 1.68 bits per heavy atom. The van der Waals surface area contributed by atoms with E-state index in [0.717, 1.165) is 6.42 Å². The van der Waals surface area contributed by atoms with Crippen LogP contribution < -0.4 is 20.6 Å². The van der Waals surface area contributed by atoms with Crippen molar-refractivity contribution in [2.24, 2.45) is 0 Å². The standard InChI is InChI=1S/C12H11Si.C9H7.C5H5.2C2H5O.Zr/c1-3-7-11(8-4-1)13-12-9-5-2-6-10-12;1-2-5-9-7-3-6-8(9)4-1;1-2-4-5-3-1;2*1-2-3;/h1-10,13H;1-7H;1-3H,4H2;2*2H2,1H3;/q;4*-1;+4. The molecule has 1 aliphatic carbocycles. The van der Waals surface area contributed by atoms with E-state index < -0.39 is 0 Å². The third kappa shape index (κ3) is 15.6. The maximum absolute atomic E-state index is 8.93. The maximum atomic E-state index is 8.93. The average Bonchev–Trinajstić information content (AvgIpc) is 3.57. The van der Waals surface area contributed by atoms with Gasteiger partial charge >= 0.3 is 26.2 Å². The van der Waals surface area contributed by atoms with Gasteiger partial charge in [0, 0.05) is 0 Å². The Bertz CT molecular complexity index is 932. The molecule has 1 radical (unpaired) electrons. The molecule has 0 saturated carbocycles. The summed E-state index contributed by atoms with van der Waals surface area (Å²) in [6.07, 6.45) is 10.0. The Hall–Kier alpha value is -2.23. The second-order valence-electron chi connectivity index (χ2n) is 6.70. The van der Waals surface area contributed by atoms with Crippen LogP contribution in [-0.2, 0) is 26.2 Å². The number of allylic oxidation sites excluding steroid dienone is 4. The van der Waals surface area contributed by atoms with Gasteiger partial charge in [-0.15, -0.1) is 49.3 Å². The maximum Gasteiger partial charge on any atom is 4.00 e. The molecule has 0 atom stereocenters. The molecule has 0 bridgehead atoms. The van der Waals surface area contributed by atoms with Crippen molar-refractivity contribution in [1.29, 1.82) is 0 Å². The third-order valence-electron chi connectivity index (χ3n) is 4.07. The molecule has 0 saturated heterocycles. The van der Waals surface area contributed by atoms with E-state index in [4.69, 9.17) is 10.2 Å². The number of rotatable bonds is 2. The van der Waals surface area contributed by atoms with E-state index in [2.05, 4.69) is 115 Å². The monoisotopic (exact) mass is 543 g/mol. The molecule has 173 valence electrons. The first kappa shape index (κ1) is 31.8. The zero-order valence-electron chi connectivity index (χ0n) is 20.1. The molecule has 0 spiro atoms. The molecule has 0 amide bonds. The van der Waals surface area contributed by atoms with Crippen LogP contribution >= 0.6 is 0 Å². The van der Waals surface area contributed by atoms with Crippen molar-refractivity contribution >= 4 is 30.7 Å². The normalized spacial score (nSPS) is 10.1. The predicted molar refractivity (Wildman–Crippen MR) is 141 cm³/mol. The minimum Gasteiger partial charge on any atom is -0.855 e. The van der Waals surface area contributed by atoms with Gasteiger partial charge in [-0.25, -0.2) is 12.2 Å². The summed E-state index contributed by atoms with van der Waals surface area (Å²) in [5.41, 5.74) is 0. The summed E-state index contributed by atoms with van der Waals surface area (Å²) in [4.78, 5) is 0. The van der Waals surface area contributed by atoms with Gasteiger partial charge in [0.25, 0.3) is 0 Å². The fourth-order valence-corrected chi connectivity index (χ4v) is 3.92. The second kappa shape index (κ2) is 22.6. The van der Waals surface area contributed by atoms with Crippen LogP contribution in [0.1, 0.15) is 20.3 Å². The molecule has 4 aromatic rings. The Morgan fingerprint density at radius 1 is 0.765 bits per heavy atom. The molecule has 5 rings (SSSR count). The van der Waals surface area contributed by atoms with E-state index in [0.29, 0.717) is 0 Å². The zero-order valence-corrected chi connectivity index (χ0v) is 23.7. The molecule has 0 unspecified atom stereocenters. The van der Waals surface area contributed by atoms with Gasteiger partial charge in [-0.1, -0.05) is 91.0 Å². The summed E-state index contributed by atoms with van der Waals surface area (Å²) in [6, 6.07) is 36.0. The quantitative estimate of drug-likeness (QED) is 0.286. The Morgan fingerprint density at radius 2 is 1.26 bits per heavy atom. The third-order valence-corrected chi connectivity index (χ3v) is 5.50. The molecule has 4 heteroatoms. The van der Waals surface area contributed by atoms with Crippen molar-refractivity contribution in [1.82, 2.24) is 0 Å². The minimum atomic E-state index is 0. The Balaban J connectivity index is 0.000000451. The molecular formula is C30H33O2SiZr. The molecule has 0 heterocycles. The van der Waals surface area contributed by atoms with Gasteiger partial charge in [-0.05, 0) is 0 Å². The van der Waals surface area contributed by atoms with Crippen LogP contribution in [0.4, 0.5) is 0 Å². The second-order valence-corrected chi connectivity index (χ2v) is 8.32. The predicted octanol–water partition coefficient (Wildman–Crippen LogP) is 3.67. The van der Waals surface area contributed by atoms with E-state index in [-0.39, 0.29) is 48.9 Å². The largest absolute Gasteiger partial charge is 4.00 e. The van der Waals surface area contributed by atoms with Gasteiger partial charge < -0.3 is 10.2 Å². The van der Waals surface area contributed by atoms with Crippen LogP contribution in [0.3, 0.4) is 0 Å². The fraction of sp³-hybridized carbons (Fsp3) is 0.167. The van der Waals surface area contributed by atoms with Crippen LogP contribution in [0.25, 0.3) is 10.8 Å². The SMILES string of the molecule is CC[O-].CC[O-].[C-]1=CC=CC1.[Zr+4].c1ccc([SiH]c2ccccc2)cc1.c1ccc2[cH-]ccc2c1. The number of benzene rings is 3. The van der Waals surface area contributed by atoms with Crippen molar-refractivity contribution < 1.29 is 36.4 Å². The summed E-state index contributed by atoms with van der Waals surface area (Å²) < 4.78 is 0. The van der Waals surface area contributed by atoms with Gasteiger partial charge in [0.05, 0.1) is 0 Å². The van der Waals surface area contributed by atoms with Crippen LogP contribution in [0.15, 0.2) is 121 Å². The summed E-state index contributed by atoms with van der Waals surface area (Å²) in [5, 5.41) is 23.4. The van der Waals surface area contributed by atoms with Gasteiger partial charge in [-0.2, -0.15) is 23.6 Å². The summed E-state index contributed by atoms with van der Waals surface area (Å²) in [5.74, 6) is 0. The summed E-state index contributed by atoms with van der Waals surface area (Å²) in [7, 11) is 0.271. The van der Waals surface area contributed by atoms with Crippen molar-refractivity contribution in [3.8, 4) is 0 Å². The van der Waals surface area contributed by atoms with Crippen LogP contribution in [0.2, 0.25) is 0 Å². The first-order valence-electron chi connectivity index (χ1n) is 11.2. The summed E-state index contributed by atoms with van der Waals surface area (Å²) >= 11 is 0. The van der Waals surface area contributed by atoms with Gasteiger partial charge in [0.15, 0.2) is 0 Å². The van der Waals surface area contributed by atoms with Crippen molar-refractivity contribution in [2.45, 2.75) is 20.3 Å². The fourth-order valence-electron chi connectivity index (χ4n) is 2.70. The van der Waals surface area contributed by atoms with Gasteiger partial charge in [0.1, 0.15) is 9.52 Å². The van der Waals surface area contributed by atoms with Crippen LogP contribution in [-0.4, -0.2) is 22.7 Å². The summed E-state index contributed by atoms with van der Waals surface area (Å²) in [6.45, 7) is 3.14. The van der Waals surface area contributed by atoms with E-state index in [1.807, 2.05) is 12.2 Å². The van der Waals surface area contributed by atoms with E-state index >= 15 is 0 Å². The van der Waals surface area contributed by atoms with Crippen LogP contribution in [0, 0.1) is 6.08 Å². The van der Waals surface area contributed by atoms with Crippen LogP contribution in [0.5, 0.6) is 0 Å². The topological polar surface area (TPSA) is 46.1 Å². The molecular weight excluding hydrogens is 512 g/mol. The first-order chi connectivity index (χ1) is 16.2.